The first-order valence-corrected chi connectivity index (χ1v) is 10.1. The van der Waals surface area contributed by atoms with E-state index in [0.717, 1.165) is 28.8 Å². The van der Waals surface area contributed by atoms with Crippen LogP contribution in [0.2, 0.25) is 0 Å². The summed E-state index contributed by atoms with van der Waals surface area (Å²) in [6.07, 6.45) is 0.0876. The number of guanidine groups is 1. The molecular formula is C20H31IN4O2S. The van der Waals surface area contributed by atoms with E-state index < -0.39 is 6.10 Å². The molecule has 0 aliphatic carbocycles. The van der Waals surface area contributed by atoms with Crippen LogP contribution in [0.5, 0.6) is 0 Å². The number of rotatable bonds is 9. The highest BCUT2D eigenvalue weighted by atomic mass is 127. The Bertz CT molecular complexity index is 711. The lowest BCUT2D eigenvalue weighted by molar-refractivity contribution is 0.119. The van der Waals surface area contributed by atoms with E-state index in [4.69, 9.17) is 4.74 Å². The van der Waals surface area contributed by atoms with Crippen LogP contribution in [0.15, 0.2) is 40.7 Å². The predicted octanol–water partition coefficient (Wildman–Crippen LogP) is 3.47. The van der Waals surface area contributed by atoms with Gasteiger partial charge in [0.2, 0.25) is 0 Å². The van der Waals surface area contributed by atoms with Crippen LogP contribution in [-0.4, -0.2) is 54.3 Å². The Kier molecular flexibility index (Phi) is 11.6. The molecule has 1 aromatic heterocycles. The topological polar surface area (TPSA) is 70.0 Å². The Hall–Kier alpha value is -1.23. The van der Waals surface area contributed by atoms with E-state index >= 15 is 0 Å². The van der Waals surface area contributed by atoms with Crippen molar-refractivity contribution in [2.45, 2.75) is 39.0 Å². The van der Waals surface area contributed by atoms with Crippen molar-refractivity contribution in [2.75, 3.05) is 27.2 Å². The highest BCUT2D eigenvalue weighted by molar-refractivity contribution is 14.0. The zero-order valence-electron chi connectivity index (χ0n) is 17.0. The third kappa shape index (κ3) is 8.02. The summed E-state index contributed by atoms with van der Waals surface area (Å²) in [6.45, 7) is 5.79. The second kappa shape index (κ2) is 13.1. The third-order valence-corrected chi connectivity index (χ3v) is 5.19. The summed E-state index contributed by atoms with van der Waals surface area (Å²) in [7, 11) is 3.67. The molecule has 0 saturated carbocycles. The molecule has 2 N–H and O–H groups in total. The summed E-state index contributed by atoms with van der Waals surface area (Å²) in [5.41, 5.74) is 2.10. The second-order valence-electron chi connectivity index (χ2n) is 6.45. The van der Waals surface area contributed by atoms with Gasteiger partial charge in [-0.3, -0.25) is 4.99 Å². The molecule has 2 unspecified atom stereocenters. The Morgan fingerprint density at radius 2 is 2.07 bits per heavy atom. The van der Waals surface area contributed by atoms with E-state index in [-0.39, 0.29) is 30.1 Å². The molecule has 0 saturated heterocycles. The van der Waals surface area contributed by atoms with Crippen LogP contribution in [0.4, 0.5) is 0 Å². The summed E-state index contributed by atoms with van der Waals surface area (Å²) in [5, 5.41) is 16.6. The lowest BCUT2D eigenvalue weighted by atomic mass is 10.1. The van der Waals surface area contributed by atoms with Gasteiger partial charge in [-0.1, -0.05) is 30.3 Å². The van der Waals surface area contributed by atoms with Gasteiger partial charge in [0.05, 0.1) is 24.9 Å². The number of thiazole rings is 1. The van der Waals surface area contributed by atoms with Gasteiger partial charge in [-0.05, 0) is 19.4 Å². The first kappa shape index (κ1) is 24.8. The van der Waals surface area contributed by atoms with Crippen molar-refractivity contribution in [2.24, 2.45) is 4.99 Å². The number of nitrogens with one attached hydrogen (secondary N) is 1. The van der Waals surface area contributed by atoms with E-state index in [2.05, 4.69) is 20.7 Å². The Morgan fingerprint density at radius 1 is 1.36 bits per heavy atom. The quantitative estimate of drug-likeness (QED) is 0.302. The average molecular weight is 518 g/mol. The minimum absolute atomic E-state index is 0. The molecule has 28 heavy (non-hydrogen) atoms. The molecule has 0 radical (unpaired) electrons. The van der Waals surface area contributed by atoms with Crippen molar-refractivity contribution in [3.8, 4) is 0 Å². The van der Waals surface area contributed by atoms with Crippen LogP contribution >= 0.6 is 35.3 Å². The second-order valence-corrected chi connectivity index (χ2v) is 7.34. The summed E-state index contributed by atoms with van der Waals surface area (Å²) in [6, 6.07) is 9.98. The minimum Gasteiger partial charge on any atom is -0.391 e. The van der Waals surface area contributed by atoms with Crippen LogP contribution in [0.1, 0.15) is 36.2 Å². The molecule has 0 amide bonds. The number of benzene rings is 1. The number of aromatic nitrogens is 1. The van der Waals surface area contributed by atoms with E-state index in [9.17, 15) is 5.11 Å². The molecule has 0 fully saturated rings. The van der Waals surface area contributed by atoms with Gasteiger partial charge in [0, 0.05) is 32.5 Å². The molecule has 2 rings (SSSR count). The zero-order valence-corrected chi connectivity index (χ0v) is 20.1. The number of halogens is 1. The van der Waals surface area contributed by atoms with Crippen LogP contribution in [-0.2, 0) is 17.7 Å². The van der Waals surface area contributed by atoms with Crippen LogP contribution in [0.25, 0.3) is 0 Å². The van der Waals surface area contributed by atoms with Crippen molar-refractivity contribution >= 4 is 41.3 Å². The summed E-state index contributed by atoms with van der Waals surface area (Å²) >= 11 is 1.61. The smallest absolute Gasteiger partial charge is 0.194 e. The predicted molar refractivity (Wildman–Crippen MR) is 127 cm³/mol. The molecule has 0 spiro atoms. The zero-order chi connectivity index (χ0) is 19.6. The molecule has 2 aromatic rings. The largest absolute Gasteiger partial charge is 0.391 e. The Balaban J connectivity index is 0.00000392. The lowest BCUT2D eigenvalue weighted by Crippen LogP contribution is -2.39. The van der Waals surface area contributed by atoms with E-state index in [0.29, 0.717) is 19.5 Å². The normalized spacial score (nSPS) is 13.5. The van der Waals surface area contributed by atoms with Gasteiger partial charge < -0.3 is 20.1 Å². The number of aliphatic imine (C=N–C) groups is 1. The van der Waals surface area contributed by atoms with Gasteiger partial charge >= 0.3 is 0 Å². The number of aliphatic hydroxyl groups is 1. The van der Waals surface area contributed by atoms with Crippen LogP contribution < -0.4 is 5.32 Å². The maximum Gasteiger partial charge on any atom is 0.194 e. The SMILES string of the molecule is CCNC(=NCC(O)Cc1ccccc1)N(C)Cc1csc(C(C)OC)n1.I. The van der Waals surface area contributed by atoms with Crippen molar-refractivity contribution in [1.82, 2.24) is 15.2 Å². The summed E-state index contributed by atoms with van der Waals surface area (Å²) < 4.78 is 5.32. The van der Waals surface area contributed by atoms with Crippen molar-refractivity contribution in [3.63, 3.8) is 0 Å². The number of hydrogen-bond acceptors (Lipinski definition) is 5. The van der Waals surface area contributed by atoms with Gasteiger partial charge in [0.1, 0.15) is 11.1 Å². The van der Waals surface area contributed by atoms with Crippen LogP contribution in [0, 0.1) is 0 Å². The first-order chi connectivity index (χ1) is 13.0. The van der Waals surface area contributed by atoms with Gasteiger partial charge in [0.25, 0.3) is 0 Å². The lowest BCUT2D eigenvalue weighted by Gasteiger charge is -2.21. The maximum atomic E-state index is 10.3. The Labute approximate surface area is 189 Å². The van der Waals surface area contributed by atoms with Gasteiger partial charge in [-0.15, -0.1) is 35.3 Å². The fraction of sp³-hybridized carbons (Fsp3) is 0.500. The fourth-order valence-corrected chi connectivity index (χ4v) is 3.45. The molecule has 1 heterocycles. The van der Waals surface area contributed by atoms with E-state index in [1.807, 2.05) is 56.1 Å². The summed E-state index contributed by atoms with van der Waals surface area (Å²) in [4.78, 5) is 11.3. The standard InChI is InChI=1S/C20H30N4O2S.HI/c1-5-21-20(22-12-18(25)11-16-9-7-6-8-10-16)24(3)13-17-14-27-19(23-17)15(2)26-4;/h6-10,14-15,18,25H,5,11-13H2,1-4H3,(H,21,22);1H. The molecule has 0 aliphatic heterocycles. The number of ether oxygens (including phenoxy) is 1. The third-order valence-electron chi connectivity index (χ3n) is 4.13. The molecule has 8 heteroatoms. The van der Waals surface area contributed by atoms with Crippen LogP contribution in [0.3, 0.4) is 0 Å². The molecule has 6 nitrogen and oxygen atoms in total. The molecular weight excluding hydrogens is 487 g/mol. The Morgan fingerprint density at radius 3 is 2.71 bits per heavy atom. The fourth-order valence-electron chi connectivity index (χ4n) is 2.61. The van der Waals surface area contributed by atoms with E-state index in [1.54, 1.807) is 18.4 Å². The molecule has 2 atom stereocenters. The van der Waals surface area contributed by atoms with Crippen molar-refractivity contribution < 1.29 is 9.84 Å². The number of methoxy groups -OCH3 is 1. The van der Waals surface area contributed by atoms with Gasteiger partial charge in [-0.2, -0.15) is 0 Å². The molecule has 0 aliphatic rings. The highest BCUT2D eigenvalue weighted by Crippen LogP contribution is 2.20. The van der Waals surface area contributed by atoms with Crippen molar-refractivity contribution in [3.05, 3.63) is 52.0 Å². The van der Waals surface area contributed by atoms with Crippen molar-refractivity contribution in [1.29, 1.82) is 0 Å². The number of aliphatic hydroxyl groups excluding tert-OH is 1. The molecule has 0 bridgehead atoms. The summed E-state index contributed by atoms with van der Waals surface area (Å²) in [5.74, 6) is 0.763. The maximum absolute atomic E-state index is 10.3. The number of nitrogens with zero attached hydrogens (tertiary/aromatic N) is 3. The minimum atomic E-state index is -0.511. The molecule has 1 aromatic carbocycles. The van der Waals surface area contributed by atoms with Gasteiger partial charge in [-0.25, -0.2) is 4.98 Å². The average Bonchev–Trinajstić information content (AvgIpc) is 3.13. The number of hydrogen-bond donors (Lipinski definition) is 2. The highest BCUT2D eigenvalue weighted by Gasteiger charge is 2.13. The van der Waals surface area contributed by atoms with E-state index in [1.165, 1.54) is 0 Å². The molecule has 156 valence electrons. The first-order valence-electron chi connectivity index (χ1n) is 9.22. The van der Waals surface area contributed by atoms with Gasteiger partial charge in [0.15, 0.2) is 5.96 Å². The monoisotopic (exact) mass is 518 g/mol.